The number of hydrogen-bond acceptors (Lipinski definition) is 7. The maximum atomic E-state index is 4.78. The van der Waals surface area contributed by atoms with Gasteiger partial charge >= 0.3 is 0 Å². The second-order valence-corrected chi connectivity index (χ2v) is 7.92. The van der Waals surface area contributed by atoms with E-state index in [1.807, 2.05) is 0 Å². The van der Waals surface area contributed by atoms with Crippen LogP contribution in [0.3, 0.4) is 0 Å². The smallest absolute Gasteiger partial charge is 0.183 e. The summed E-state index contributed by atoms with van der Waals surface area (Å²) in [5.74, 6) is 1.51. The van der Waals surface area contributed by atoms with Gasteiger partial charge in [0, 0.05) is 44.0 Å². The molecule has 0 atom stereocenters. The quantitative estimate of drug-likeness (QED) is 0.595. The van der Waals surface area contributed by atoms with Gasteiger partial charge in [0.05, 0.1) is 6.33 Å². The monoisotopic (exact) mass is 394 g/mol. The van der Waals surface area contributed by atoms with Crippen molar-refractivity contribution in [3.8, 4) is 11.4 Å². The number of likely N-dealkylation sites (N-methyl/N-ethyl adjacent to an activating group) is 1. The third-order valence-electron chi connectivity index (χ3n) is 5.35. The van der Waals surface area contributed by atoms with Crippen molar-refractivity contribution in [3.63, 3.8) is 0 Å². The Hall–Kier alpha value is -2.71. The van der Waals surface area contributed by atoms with Crippen LogP contribution in [0, 0.1) is 0 Å². The third-order valence-corrected chi connectivity index (χ3v) is 5.35. The number of nitrogens with one attached hydrogen (secondary N) is 2. The minimum atomic E-state index is 0.688. The highest BCUT2D eigenvalue weighted by Crippen LogP contribution is 2.25. The Kier molecular flexibility index (Phi) is 5.92. The first-order valence-electron chi connectivity index (χ1n) is 10.2. The molecule has 1 aliphatic rings. The fourth-order valence-electron chi connectivity index (χ4n) is 3.58. The van der Waals surface area contributed by atoms with E-state index in [2.05, 4.69) is 80.4 Å². The molecule has 1 fully saturated rings. The molecule has 0 aliphatic carbocycles. The molecule has 8 heteroatoms. The average molecular weight is 395 g/mol. The summed E-state index contributed by atoms with van der Waals surface area (Å²) >= 11 is 0. The van der Waals surface area contributed by atoms with E-state index >= 15 is 0 Å². The minimum Gasteiger partial charge on any atom is -0.369 e. The van der Waals surface area contributed by atoms with E-state index in [1.165, 1.54) is 5.69 Å². The summed E-state index contributed by atoms with van der Waals surface area (Å²) in [5, 5.41) is 3.44. The zero-order valence-corrected chi connectivity index (χ0v) is 17.5. The molecule has 0 radical (unpaired) electrons. The number of fused-ring (bicyclic) bond motifs is 1. The van der Waals surface area contributed by atoms with Crippen molar-refractivity contribution in [2.45, 2.75) is 6.42 Å². The van der Waals surface area contributed by atoms with Crippen LogP contribution in [-0.2, 0) is 0 Å². The van der Waals surface area contributed by atoms with Crippen molar-refractivity contribution >= 4 is 22.7 Å². The van der Waals surface area contributed by atoms with Gasteiger partial charge in [0.1, 0.15) is 5.52 Å². The van der Waals surface area contributed by atoms with E-state index in [0.29, 0.717) is 11.5 Å². The first-order valence-corrected chi connectivity index (χ1v) is 10.2. The third kappa shape index (κ3) is 4.65. The Morgan fingerprint density at radius 2 is 1.83 bits per heavy atom. The van der Waals surface area contributed by atoms with Crippen molar-refractivity contribution in [2.75, 3.05) is 70.6 Å². The van der Waals surface area contributed by atoms with Crippen LogP contribution in [0.5, 0.6) is 0 Å². The molecule has 1 saturated heterocycles. The molecule has 3 heterocycles. The Balaban J connectivity index is 1.52. The van der Waals surface area contributed by atoms with Gasteiger partial charge in [0.2, 0.25) is 0 Å². The predicted molar refractivity (Wildman–Crippen MR) is 118 cm³/mol. The maximum absolute atomic E-state index is 4.78. The first kappa shape index (κ1) is 19.6. The molecule has 0 amide bonds. The second-order valence-electron chi connectivity index (χ2n) is 7.92. The van der Waals surface area contributed by atoms with Gasteiger partial charge in [0.25, 0.3) is 0 Å². The van der Waals surface area contributed by atoms with Crippen molar-refractivity contribution in [3.05, 3.63) is 30.6 Å². The molecule has 0 bridgehead atoms. The molecule has 0 unspecified atom stereocenters. The number of nitrogens with zero attached hydrogens (tertiary/aromatic N) is 6. The van der Waals surface area contributed by atoms with Gasteiger partial charge in [-0.25, -0.2) is 15.0 Å². The summed E-state index contributed by atoms with van der Waals surface area (Å²) < 4.78 is 0. The number of piperazine rings is 1. The molecule has 1 aliphatic heterocycles. The molecule has 2 aromatic heterocycles. The molecule has 0 spiro atoms. The molecule has 8 nitrogen and oxygen atoms in total. The summed E-state index contributed by atoms with van der Waals surface area (Å²) in [6.45, 7) is 6.21. The summed E-state index contributed by atoms with van der Waals surface area (Å²) in [4.78, 5) is 23.9. The number of rotatable bonds is 7. The SMILES string of the molecule is CN(C)CCCNc1nc(-c2ccc(N3CCN(C)CC3)cc2)nc2nc[nH]c12. The van der Waals surface area contributed by atoms with E-state index in [0.717, 1.165) is 62.6 Å². The Morgan fingerprint density at radius 1 is 1.07 bits per heavy atom. The maximum Gasteiger partial charge on any atom is 0.183 e. The van der Waals surface area contributed by atoms with Crippen molar-refractivity contribution in [2.24, 2.45) is 0 Å². The number of imidazole rings is 1. The molecule has 2 N–H and O–H groups in total. The normalized spacial score (nSPS) is 15.4. The molecule has 154 valence electrons. The largest absolute Gasteiger partial charge is 0.369 e. The molecular formula is C21H30N8. The lowest BCUT2D eigenvalue weighted by atomic mass is 10.1. The lowest BCUT2D eigenvalue weighted by Crippen LogP contribution is -2.44. The van der Waals surface area contributed by atoms with Crippen LogP contribution in [0.1, 0.15) is 6.42 Å². The summed E-state index contributed by atoms with van der Waals surface area (Å²) in [5.41, 5.74) is 3.80. The molecule has 4 rings (SSSR count). The standard InChI is InChI=1S/C21H30N8/c1-27(2)10-4-9-22-20-18-21(24-15-23-18)26-19(25-20)16-5-7-17(8-6-16)29-13-11-28(3)12-14-29/h5-8,15H,4,9-14H2,1-3H3,(H2,22,23,24,25,26). The second kappa shape index (κ2) is 8.75. The number of H-pyrrole nitrogens is 1. The predicted octanol–water partition coefficient (Wildman–Crippen LogP) is 2.14. The molecule has 29 heavy (non-hydrogen) atoms. The van der Waals surface area contributed by atoms with Crippen LogP contribution in [-0.4, -0.2) is 90.1 Å². The molecule has 1 aromatic carbocycles. The molecular weight excluding hydrogens is 364 g/mol. The van der Waals surface area contributed by atoms with Gasteiger partial charge in [-0.1, -0.05) is 0 Å². The number of aromatic amines is 1. The lowest BCUT2D eigenvalue weighted by Gasteiger charge is -2.34. The number of anilines is 2. The van der Waals surface area contributed by atoms with Crippen molar-refractivity contribution in [1.29, 1.82) is 0 Å². The minimum absolute atomic E-state index is 0.688. The molecule has 0 saturated carbocycles. The number of benzene rings is 1. The summed E-state index contributed by atoms with van der Waals surface area (Å²) in [6, 6.07) is 8.56. The lowest BCUT2D eigenvalue weighted by molar-refractivity contribution is 0.313. The fraction of sp³-hybridized carbons (Fsp3) is 0.476. The van der Waals surface area contributed by atoms with Crippen LogP contribution in [0.15, 0.2) is 30.6 Å². The highest BCUT2D eigenvalue weighted by Gasteiger charge is 2.15. The van der Waals surface area contributed by atoms with Crippen LogP contribution in [0.4, 0.5) is 11.5 Å². The highest BCUT2D eigenvalue weighted by atomic mass is 15.2. The fourth-order valence-corrected chi connectivity index (χ4v) is 3.58. The Bertz CT molecular complexity index is 926. The number of aromatic nitrogens is 4. The van der Waals surface area contributed by atoms with Gasteiger partial charge in [-0.3, -0.25) is 0 Å². The van der Waals surface area contributed by atoms with Gasteiger partial charge in [-0.15, -0.1) is 0 Å². The van der Waals surface area contributed by atoms with Crippen LogP contribution < -0.4 is 10.2 Å². The zero-order valence-electron chi connectivity index (χ0n) is 17.5. The van der Waals surface area contributed by atoms with E-state index in [4.69, 9.17) is 4.98 Å². The average Bonchev–Trinajstić information content (AvgIpc) is 3.20. The summed E-state index contributed by atoms with van der Waals surface area (Å²) in [6.07, 6.45) is 2.71. The topological polar surface area (TPSA) is 76.2 Å². The van der Waals surface area contributed by atoms with Gasteiger partial charge in [0.15, 0.2) is 17.3 Å². The summed E-state index contributed by atoms with van der Waals surface area (Å²) in [7, 11) is 6.35. The van der Waals surface area contributed by atoms with Crippen molar-refractivity contribution < 1.29 is 0 Å². The van der Waals surface area contributed by atoms with Gasteiger partial charge in [-0.05, 0) is 58.4 Å². The van der Waals surface area contributed by atoms with E-state index < -0.39 is 0 Å². The molecule has 3 aromatic rings. The van der Waals surface area contributed by atoms with Gasteiger partial charge < -0.3 is 25.0 Å². The van der Waals surface area contributed by atoms with E-state index in [9.17, 15) is 0 Å². The van der Waals surface area contributed by atoms with Crippen molar-refractivity contribution in [1.82, 2.24) is 29.7 Å². The van der Waals surface area contributed by atoms with Gasteiger partial charge in [-0.2, -0.15) is 0 Å². The first-order chi connectivity index (χ1) is 14.1. The van der Waals surface area contributed by atoms with E-state index in [1.54, 1.807) is 6.33 Å². The zero-order chi connectivity index (χ0) is 20.2. The van der Waals surface area contributed by atoms with E-state index in [-0.39, 0.29) is 0 Å². The Labute approximate surface area is 172 Å². The highest BCUT2D eigenvalue weighted by molar-refractivity contribution is 5.84. The number of hydrogen-bond donors (Lipinski definition) is 2. The Morgan fingerprint density at radius 3 is 2.55 bits per heavy atom. The van der Waals surface area contributed by atoms with Crippen LogP contribution >= 0.6 is 0 Å². The van der Waals surface area contributed by atoms with Crippen LogP contribution in [0.2, 0.25) is 0 Å². The van der Waals surface area contributed by atoms with Crippen LogP contribution in [0.25, 0.3) is 22.6 Å².